The van der Waals surface area contributed by atoms with Gasteiger partial charge in [-0.05, 0) is 21.8 Å². The van der Waals surface area contributed by atoms with Gasteiger partial charge in [-0.15, -0.1) is 0 Å². The first kappa shape index (κ1) is 11.6. The lowest BCUT2D eigenvalue weighted by atomic mass is 9.93. The van der Waals surface area contributed by atoms with E-state index in [9.17, 15) is 0 Å². The van der Waals surface area contributed by atoms with E-state index < -0.39 is 0 Å². The molecule has 0 spiro atoms. The van der Waals surface area contributed by atoms with Crippen molar-refractivity contribution >= 4 is 21.7 Å². The molecule has 0 saturated heterocycles. The molecule has 0 unspecified atom stereocenters. The maximum Gasteiger partial charge on any atom is 0.0195 e. The molecular formula is C14H13ClS. The van der Waals surface area contributed by atoms with Gasteiger partial charge in [0.15, 0.2) is 0 Å². The van der Waals surface area contributed by atoms with Gasteiger partial charge >= 0.3 is 0 Å². The van der Waals surface area contributed by atoms with Crippen LogP contribution >= 0.6 is 21.7 Å². The van der Waals surface area contributed by atoms with Crippen LogP contribution in [0.4, 0.5) is 0 Å². The van der Waals surface area contributed by atoms with Crippen molar-refractivity contribution in [3.63, 3.8) is 0 Å². The van der Waals surface area contributed by atoms with Gasteiger partial charge in [0, 0.05) is 11.7 Å². The van der Waals surface area contributed by atoms with Crippen LogP contribution in [-0.4, -0.2) is 5.75 Å². The summed E-state index contributed by atoms with van der Waals surface area (Å²) in [4.78, 5) is 0. The molecule has 0 saturated carbocycles. The van der Waals surface area contributed by atoms with Crippen LogP contribution in [0.1, 0.15) is 17.0 Å². The SMILES string of the molecule is ClSCC(c1ccccc1)c1ccccc1. The van der Waals surface area contributed by atoms with E-state index in [-0.39, 0.29) is 0 Å². The summed E-state index contributed by atoms with van der Waals surface area (Å²) in [7, 11) is 7.18. The first-order chi connectivity index (χ1) is 7.92. The minimum absolute atomic E-state index is 0.380. The van der Waals surface area contributed by atoms with E-state index in [2.05, 4.69) is 48.5 Å². The van der Waals surface area contributed by atoms with Crippen molar-refractivity contribution in [3.05, 3.63) is 71.8 Å². The molecule has 0 radical (unpaired) electrons. The maximum atomic E-state index is 5.81. The van der Waals surface area contributed by atoms with E-state index in [1.807, 2.05) is 12.1 Å². The number of hydrogen-bond donors (Lipinski definition) is 0. The van der Waals surface area contributed by atoms with E-state index in [1.54, 1.807) is 0 Å². The van der Waals surface area contributed by atoms with Gasteiger partial charge in [0.05, 0.1) is 0 Å². The van der Waals surface area contributed by atoms with Crippen LogP contribution < -0.4 is 0 Å². The molecule has 0 N–H and O–H groups in total. The lowest BCUT2D eigenvalue weighted by Gasteiger charge is -2.15. The highest BCUT2D eigenvalue weighted by molar-refractivity contribution is 8.21. The van der Waals surface area contributed by atoms with Gasteiger partial charge < -0.3 is 0 Å². The summed E-state index contributed by atoms with van der Waals surface area (Å²) in [5.74, 6) is 1.28. The third-order valence-electron chi connectivity index (χ3n) is 2.63. The fourth-order valence-corrected chi connectivity index (χ4v) is 2.71. The smallest absolute Gasteiger partial charge is 0.0195 e. The zero-order valence-electron chi connectivity index (χ0n) is 8.84. The molecular weight excluding hydrogens is 236 g/mol. The van der Waals surface area contributed by atoms with Crippen LogP contribution in [0.3, 0.4) is 0 Å². The van der Waals surface area contributed by atoms with Crippen molar-refractivity contribution < 1.29 is 0 Å². The molecule has 2 heteroatoms. The Bertz CT molecular complexity index is 374. The first-order valence-corrected chi connectivity index (χ1v) is 7.06. The summed E-state index contributed by atoms with van der Waals surface area (Å²) in [5.41, 5.74) is 2.64. The van der Waals surface area contributed by atoms with Crippen LogP contribution in [0, 0.1) is 0 Å². The molecule has 2 aromatic carbocycles. The molecule has 0 aliphatic heterocycles. The van der Waals surface area contributed by atoms with Crippen LogP contribution in [0.2, 0.25) is 0 Å². The standard InChI is InChI=1S/C14H13ClS/c15-16-11-14(12-7-3-1-4-8-12)13-9-5-2-6-10-13/h1-10,14H,11H2. The van der Waals surface area contributed by atoms with Gasteiger partial charge in [-0.1, -0.05) is 71.6 Å². The van der Waals surface area contributed by atoms with Crippen molar-refractivity contribution in [2.45, 2.75) is 5.92 Å². The Morgan fingerprint density at radius 2 is 1.25 bits per heavy atom. The normalized spacial score (nSPS) is 10.6. The maximum absolute atomic E-state index is 5.81. The zero-order chi connectivity index (χ0) is 11.2. The molecule has 0 aliphatic rings. The molecule has 0 atom stereocenters. The number of rotatable bonds is 4. The summed E-state index contributed by atoms with van der Waals surface area (Å²) in [6, 6.07) is 21.0. The molecule has 0 amide bonds. The Morgan fingerprint density at radius 3 is 1.62 bits per heavy atom. The minimum Gasteiger partial charge on any atom is -0.0622 e. The van der Waals surface area contributed by atoms with Crippen molar-refractivity contribution in [3.8, 4) is 0 Å². The Morgan fingerprint density at radius 1 is 0.812 bits per heavy atom. The summed E-state index contributed by atoms with van der Waals surface area (Å²) in [6.45, 7) is 0. The van der Waals surface area contributed by atoms with Gasteiger partial charge in [-0.2, -0.15) is 0 Å². The third-order valence-corrected chi connectivity index (χ3v) is 3.47. The second kappa shape index (κ2) is 5.97. The van der Waals surface area contributed by atoms with Gasteiger partial charge in [0.1, 0.15) is 0 Å². The Balaban J connectivity index is 2.31. The highest BCUT2D eigenvalue weighted by atomic mass is 35.7. The largest absolute Gasteiger partial charge is 0.0622 e. The van der Waals surface area contributed by atoms with E-state index in [0.29, 0.717) is 5.92 Å². The lowest BCUT2D eigenvalue weighted by molar-refractivity contribution is 0.939. The van der Waals surface area contributed by atoms with Gasteiger partial charge in [-0.25, -0.2) is 0 Å². The second-order valence-corrected chi connectivity index (χ2v) is 4.86. The highest BCUT2D eigenvalue weighted by Crippen LogP contribution is 2.29. The zero-order valence-corrected chi connectivity index (χ0v) is 10.4. The Hall–Kier alpha value is -0.920. The van der Waals surface area contributed by atoms with Crippen LogP contribution in [0.25, 0.3) is 0 Å². The minimum atomic E-state index is 0.380. The second-order valence-electron chi connectivity index (χ2n) is 3.65. The molecule has 0 heterocycles. The average molecular weight is 249 g/mol. The molecule has 16 heavy (non-hydrogen) atoms. The summed E-state index contributed by atoms with van der Waals surface area (Å²) in [6.07, 6.45) is 0. The first-order valence-electron chi connectivity index (χ1n) is 5.25. The molecule has 2 rings (SSSR count). The third kappa shape index (κ3) is 2.81. The van der Waals surface area contributed by atoms with Crippen molar-refractivity contribution in [2.24, 2.45) is 0 Å². The van der Waals surface area contributed by atoms with E-state index in [0.717, 1.165) is 5.75 Å². The number of hydrogen-bond acceptors (Lipinski definition) is 1. The molecule has 0 aromatic heterocycles. The lowest BCUT2D eigenvalue weighted by Crippen LogP contribution is -2.02. The Kier molecular flexibility index (Phi) is 4.32. The predicted octanol–water partition coefficient (Wildman–Crippen LogP) is 4.71. The fourth-order valence-electron chi connectivity index (χ4n) is 1.82. The van der Waals surface area contributed by atoms with Gasteiger partial charge in [0.25, 0.3) is 0 Å². The summed E-state index contributed by atoms with van der Waals surface area (Å²) >= 11 is 0. The molecule has 0 fully saturated rings. The molecule has 0 aliphatic carbocycles. The molecule has 2 aromatic rings. The monoisotopic (exact) mass is 248 g/mol. The number of halogens is 1. The van der Waals surface area contributed by atoms with Crippen LogP contribution in [-0.2, 0) is 0 Å². The topological polar surface area (TPSA) is 0 Å². The van der Waals surface area contributed by atoms with Crippen molar-refractivity contribution in [2.75, 3.05) is 5.75 Å². The molecule has 82 valence electrons. The van der Waals surface area contributed by atoms with E-state index in [1.165, 1.54) is 22.1 Å². The van der Waals surface area contributed by atoms with Gasteiger partial charge in [0.2, 0.25) is 0 Å². The average Bonchev–Trinajstić information content (AvgIpc) is 2.38. The quantitative estimate of drug-likeness (QED) is 0.756. The fraction of sp³-hybridized carbons (Fsp3) is 0.143. The van der Waals surface area contributed by atoms with Crippen LogP contribution in [0.15, 0.2) is 60.7 Å². The molecule has 0 bridgehead atoms. The van der Waals surface area contributed by atoms with Crippen LogP contribution in [0.5, 0.6) is 0 Å². The summed E-state index contributed by atoms with van der Waals surface area (Å²) < 4.78 is 0. The number of benzene rings is 2. The Labute approximate surface area is 105 Å². The molecule has 0 nitrogen and oxygen atoms in total. The van der Waals surface area contributed by atoms with Crippen molar-refractivity contribution in [1.82, 2.24) is 0 Å². The highest BCUT2D eigenvalue weighted by Gasteiger charge is 2.12. The van der Waals surface area contributed by atoms with E-state index >= 15 is 0 Å². The predicted molar refractivity (Wildman–Crippen MR) is 73.0 cm³/mol. The van der Waals surface area contributed by atoms with E-state index in [4.69, 9.17) is 10.7 Å². The van der Waals surface area contributed by atoms with Crippen molar-refractivity contribution in [1.29, 1.82) is 0 Å². The summed E-state index contributed by atoms with van der Waals surface area (Å²) in [5, 5.41) is 0. The van der Waals surface area contributed by atoms with Gasteiger partial charge in [-0.3, -0.25) is 0 Å².